The highest BCUT2D eigenvalue weighted by atomic mass is 14.6. The van der Waals surface area contributed by atoms with Crippen LogP contribution in [0.25, 0.3) is 0 Å². The highest BCUT2D eigenvalue weighted by Crippen LogP contribution is 2.36. The van der Waals surface area contributed by atoms with Crippen molar-refractivity contribution in [1.82, 2.24) is 0 Å². The third kappa shape index (κ3) is 2.75. The first-order valence-electron chi connectivity index (χ1n) is 7.63. The molecule has 0 spiro atoms. The summed E-state index contributed by atoms with van der Waals surface area (Å²) in [5, 5.41) is 0. The van der Waals surface area contributed by atoms with Gasteiger partial charge in [-0.2, -0.15) is 0 Å². The van der Waals surface area contributed by atoms with Gasteiger partial charge in [-0.05, 0) is 36.1 Å². The van der Waals surface area contributed by atoms with E-state index < -0.39 is 0 Å². The molecule has 3 rings (SSSR count). The van der Waals surface area contributed by atoms with Gasteiger partial charge in [-0.3, -0.25) is 0 Å². The first kappa shape index (κ1) is 14.4. The summed E-state index contributed by atoms with van der Waals surface area (Å²) in [4.78, 5) is 0. The molecular weight excluding hydrogens is 266 g/mol. The Bertz CT molecular complexity index is 721. The van der Waals surface area contributed by atoms with E-state index in [9.17, 15) is 0 Å². The van der Waals surface area contributed by atoms with E-state index in [-0.39, 0.29) is 5.92 Å². The summed E-state index contributed by atoms with van der Waals surface area (Å²) in [6, 6.07) is 25.5. The van der Waals surface area contributed by atoms with Crippen LogP contribution in [-0.4, -0.2) is 0 Å². The van der Waals surface area contributed by atoms with Crippen molar-refractivity contribution in [1.29, 1.82) is 0 Å². The number of anilines is 1. The molecule has 0 bridgehead atoms. The standard InChI is InChI=1S/C21H21N/c1-15-13-16(2)21(22)19(14-15)20(17-9-5-3-6-10-17)18-11-7-4-8-12-18/h3-14,20H,22H2,1-2H3. The largest absolute Gasteiger partial charge is 0.398 e. The fourth-order valence-corrected chi connectivity index (χ4v) is 3.09. The van der Waals surface area contributed by atoms with Crippen molar-refractivity contribution in [2.45, 2.75) is 19.8 Å². The molecule has 3 aromatic rings. The fourth-order valence-electron chi connectivity index (χ4n) is 3.09. The van der Waals surface area contributed by atoms with Gasteiger partial charge in [0.15, 0.2) is 0 Å². The molecule has 0 radical (unpaired) electrons. The van der Waals surface area contributed by atoms with Crippen molar-refractivity contribution in [3.63, 3.8) is 0 Å². The van der Waals surface area contributed by atoms with Gasteiger partial charge in [0.1, 0.15) is 0 Å². The molecule has 0 atom stereocenters. The zero-order valence-electron chi connectivity index (χ0n) is 13.1. The maximum absolute atomic E-state index is 6.43. The lowest BCUT2D eigenvalue weighted by Gasteiger charge is -2.22. The lowest BCUT2D eigenvalue weighted by molar-refractivity contribution is 0.975. The number of hydrogen-bond donors (Lipinski definition) is 1. The predicted molar refractivity (Wildman–Crippen MR) is 94.2 cm³/mol. The molecule has 0 saturated carbocycles. The second-order valence-corrected chi connectivity index (χ2v) is 5.84. The van der Waals surface area contributed by atoms with E-state index in [1.165, 1.54) is 22.3 Å². The van der Waals surface area contributed by atoms with E-state index >= 15 is 0 Å². The SMILES string of the molecule is Cc1cc(C)c(N)c(C(c2ccccc2)c2ccccc2)c1. The van der Waals surface area contributed by atoms with E-state index in [1.807, 2.05) is 0 Å². The summed E-state index contributed by atoms with van der Waals surface area (Å²) >= 11 is 0. The smallest absolute Gasteiger partial charge is 0.0386 e. The van der Waals surface area contributed by atoms with Gasteiger partial charge in [0, 0.05) is 11.6 Å². The Balaban J connectivity index is 2.23. The average Bonchev–Trinajstić information content (AvgIpc) is 2.54. The topological polar surface area (TPSA) is 26.0 Å². The van der Waals surface area contributed by atoms with Crippen LogP contribution in [0.4, 0.5) is 5.69 Å². The Morgan fingerprint density at radius 3 is 1.73 bits per heavy atom. The summed E-state index contributed by atoms with van der Waals surface area (Å²) in [6.07, 6.45) is 0. The Kier molecular flexibility index (Phi) is 3.97. The van der Waals surface area contributed by atoms with E-state index in [0.29, 0.717) is 0 Å². The molecule has 0 unspecified atom stereocenters. The first-order valence-corrected chi connectivity index (χ1v) is 7.63. The first-order chi connectivity index (χ1) is 10.7. The lowest BCUT2D eigenvalue weighted by Crippen LogP contribution is -2.08. The molecule has 2 N–H and O–H groups in total. The second-order valence-electron chi connectivity index (χ2n) is 5.84. The van der Waals surface area contributed by atoms with Crippen molar-refractivity contribution in [3.05, 3.63) is 101 Å². The molecule has 0 aromatic heterocycles. The van der Waals surface area contributed by atoms with Gasteiger partial charge in [-0.25, -0.2) is 0 Å². The van der Waals surface area contributed by atoms with Crippen LogP contribution in [0.1, 0.15) is 33.7 Å². The van der Waals surface area contributed by atoms with Crippen LogP contribution < -0.4 is 5.73 Å². The summed E-state index contributed by atoms with van der Waals surface area (Å²) < 4.78 is 0. The van der Waals surface area contributed by atoms with Crippen molar-refractivity contribution in [2.75, 3.05) is 5.73 Å². The van der Waals surface area contributed by atoms with Crippen molar-refractivity contribution < 1.29 is 0 Å². The van der Waals surface area contributed by atoms with Gasteiger partial charge >= 0.3 is 0 Å². The molecule has 0 heterocycles. The monoisotopic (exact) mass is 287 g/mol. The maximum atomic E-state index is 6.43. The molecule has 1 nitrogen and oxygen atoms in total. The van der Waals surface area contributed by atoms with Crippen LogP contribution in [0.15, 0.2) is 72.8 Å². The Morgan fingerprint density at radius 1 is 0.727 bits per heavy atom. The summed E-state index contributed by atoms with van der Waals surface area (Å²) in [7, 11) is 0. The Morgan fingerprint density at radius 2 is 1.23 bits per heavy atom. The minimum Gasteiger partial charge on any atom is -0.398 e. The zero-order valence-corrected chi connectivity index (χ0v) is 13.1. The van der Waals surface area contributed by atoms with E-state index in [0.717, 1.165) is 11.3 Å². The van der Waals surface area contributed by atoms with Gasteiger partial charge in [0.05, 0.1) is 0 Å². The molecule has 3 aromatic carbocycles. The maximum Gasteiger partial charge on any atom is 0.0386 e. The highest BCUT2D eigenvalue weighted by Gasteiger charge is 2.19. The minimum atomic E-state index is 0.168. The molecule has 0 fully saturated rings. The number of aryl methyl sites for hydroxylation is 2. The van der Waals surface area contributed by atoms with E-state index in [2.05, 4.69) is 86.6 Å². The van der Waals surface area contributed by atoms with Crippen LogP contribution in [0.2, 0.25) is 0 Å². The Labute approximate surface area is 132 Å². The van der Waals surface area contributed by atoms with Crippen LogP contribution in [-0.2, 0) is 0 Å². The molecule has 0 aliphatic rings. The predicted octanol–water partition coefficient (Wildman–Crippen LogP) is 5.07. The molecule has 0 saturated heterocycles. The quantitative estimate of drug-likeness (QED) is 0.528. The van der Waals surface area contributed by atoms with Gasteiger partial charge < -0.3 is 5.73 Å². The van der Waals surface area contributed by atoms with E-state index in [4.69, 9.17) is 5.73 Å². The number of nitrogens with two attached hydrogens (primary N) is 1. The van der Waals surface area contributed by atoms with Crippen LogP contribution in [0, 0.1) is 13.8 Å². The van der Waals surface area contributed by atoms with Crippen LogP contribution in [0.3, 0.4) is 0 Å². The lowest BCUT2D eigenvalue weighted by atomic mass is 9.83. The van der Waals surface area contributed by atoms with Gasteiger partial charge in [-0.1, -0.05) is 78.4 Å². The summed E-state index contributed by atoms with van der Waals surface area (Å²) in [5.41, 5.74) is 13.4. The van der Waals surface area contributed by atoms with Crippen LogP contribution in [0.5, 0.6) is 0 Å². The fraction of sp³-hybridized carbons (Fsp3) is 0.143. The Hall–Kier alpha value is -2.54. The summed E-state index contributed by atoms with van der Waals surface area (Å²) in [5.74, 6) is 0.168. The zero-order chi connectivity index (χ0) is 15.5. The number of hydrogen-bond acceptors (Lipinski definition) is 1. The van der Waals surface area contributed by atoms with Crippen molar-refractivity contribution >= 4 is 5.69 Å². The van der Waals surface area contributed by atoms with Crippen LogP contribution >= 0.6 is 0 Å². The molecule has 0 amide bonds. The second kappa shape index (κ2) is 6.07. The van der Waals surface area contributed by atoms with Gasteiger partial charge in [0.2, 0.25) is 0 Å². The van der Waals surface area contributed by atoms with E-state index in [1.54, 1.807) is 0 Å². The minimum absolute atomic E-state index is 0.168. The number of nitrogen functional groups attached to an aromatic ring is 1. The third-order valence-corrected chi connectivity index (χ3v) is 4.14. The normalized spacial score (nSPS) is 10.9. The average molecular weight is 287 g/mol. The number of rotatable bonds is 3. The highest BCUT2D eigenvalue weighted by molar-refractivity contribution is 5.61. The molecular formula is C21H21N. The molecule has 0 aliphatic heterocycles. The molecule has 1 heteroatoms. The third-order valence-electron chi connectivity index (χ3n) is 4.14. The number of benzene rings is 3. The van der Waals surface area contributed by atoms with Gasteiger partial charge in [0.25, 0.3) is 0 Å². The summed E-state index contributed by atoms with van der Waals surface area (Å²) in [6.45, 7) is 4.21. The van der Waals surface area contributed by atoms with Gasteiger partial charge in [-0.15, -0.1) is 0 Å². The molecule has 0 aliphatic carbocycles. The molecule has 22 heavy (non-hydrogen) atoms. The molecule has 110 valence electrons. The van der Waals surface area contributed by atoms with Crippen molar-refractivity contribution in [3.8, 4) is 0 Å². The van der Waals surface area contributed by atoms with Crippen molar-refractivity contribution in [2.24, 2.45) is 0 Å².